The van der Waals surface area contributed by atoms with Gasteiger partial charge >= 0.3 is 0 Å². The Morgan fingerprint density at radius 1 is 1.47 bits per heavy atom. The molecular formula is C14H19NO2. The van der Waals surface area contributed by atoms with E-state index in [1.807, 2.05) is 24.3 Å². The normalized spacial score (nSPS) is 21.4. The van der Waals surface area contributed by atoms with E-state index in [9.17, 15) is 9.90 Å². The standard InChI is InChI=1S/C14H19NO2/c1-15-8-4-6-11(9-15)14(17)13-7-3-2-5-12(13)10-16/h2-3,5,7,11,16H,4,6,8-10H2,1H3. The van der Waals surface area contributed by atoms with Gasteiger partial charge in [-0.25, -0.2) is 0 Å². The second kappa shape index (κ2) is 5.43. The zero-order valence-corrected chi connectivity index (χ0v) is 10.2. The van der Waals surface area contributed by atoms with Crippen LogP contribution in [0.25, 0.3) is 0 Å². The summed E-state index contributed by atoms with van der Waals surface area (Å²) in [6.07, 6.45) is 2.04. The average molecular weight is 233 g/mol. The van der Waals surface area contributed by atoms with Crippen LogP contribution in [-0.2, 0) is 6.61 Å². The number of aliphatic hydroxyl groups excluding tert-OH is 1. The fraction of sp³-hybridized carbons (Fsp3) is 0.500. The summed E-state index contributed by atoms with van der Waals surface area (Å²) in [4.78, 5) is 14.6. The molecule has 0 aromatic heterocycles. The van der Waals surface area contributed by atoms with E-state index in [-0.39, 0.29) is 18.3 Å². The number of nitrogens with zero attached hydrogens (tertiary/aromatic N) is 1. The first-order valence-electron chi connectivity index (χ1n) is 6.14. The molecule has 1 heterocycles. The third-order valence-corrected chi connectivity index (χ3v) is 3.45. The van der Waals surface area contributed by atoms with Crippen molar-refractivity contribution in [3.8, 4) is 0 Å². The second-order valence-corrected chi connectivity index (χ2v) is 4.78. The SMILES string of the molecule is CN1CCCC(C(=O)c2ccccc2CO)C1. The molecule has 1 unspecified atom stereocenters. The summed E-state index contributed by atoms with van der Waals surface area (Å²) >= 11 is 0. The number of piperidine rings is 1. The predicted molar refractivity (Wildman–Crippen MR) is 66.9 cm³/mol. The summed E-state index contributed by atoms with van der Waals surface area (Å²) in [6.45, 7) is 1.84. The highest BCUT2D eigenvalue weighted by Crippen LogP contribution is 2.22. The highest BCUT2D eigenvalue weighted by Gasteiger charge is 2.25. The number of benzene rings is 1. The number of ketones is 1. The quantitative estimate of drug-likeness (QED) is 0.808. The van der Waals surface area contributed by atoms with Crippen molar-refractivity contribution in [1.82, 2.24) is 4.90 Å². The van der Waals surface area contributed by atoms with E-state index in [0.29, 0.717) is 5.56 Å². The van der Waals surface area contributed by atoms with E-state index in [1.165, 1.54) is 0 Å². The van der Waals surface area contributed by atoms with Gasteiger partial charge in [-0.1, -0.05) is 24.3 Å². The number of Topliss-reactive ketones (excluding diaryl/α,β-unsaturated/α-hetero) is 1. The van der Waals surface area contributed by atoms with Crippen molar-refractivity contribution in [3.63, 3.8) is 0 Å². The van der Waals surface area contributed by atoms with Crippen LogP contribution in [0, 0.1) is 5.92 Å². The maximum absolute atomic E-state index is 12.4. The summed E-state index contributed by atoms with van der Waals surface area (Å²) in [5, 5.41) is 9.26. The molecule has 1 N–H and O–H groups in total. The number of carbonyl (C=O) groups excluding carboxylic acids is 1. The van der Waals surface area contributed by atoms with Crippen LogP contribution >= 0.6 is 0 Å². The van der Waals surface area contributed by atoms with Crippen LogP contribution in [0.15, 0.2) is 24.3 Å². The Bertz CT molecular complexity index is 403. The average Bonchev–Trinajstić information content (AvgIpc) is 2.38. The molecule has 0 bridgehead atoms. The Labute approximate surface area is 102 Å². The second-order valence-electron chi connectivity index (χ2n) is 4.78. The molecule has 0 spiro atoms. The summed E-state index contributed by atoms with van der Waals surface area (Å²) in [5.41, 5.74) is 1.43. The number of aliphatic hydroxyl groups is 1. The van der Waals surface area contributed by atoms with Crippen molar-refractivity contribution in [3.05, 3.63) is 35.4 Å². The number of carbonyl (C=O) groups is 1. The van der Waals surface area contributed by atoms with Gasteiger partial charge in [0.05, 0.1) is 6.61 Å². The molecule has 1 aromatic rings. The monoisotopic (exact) mass is 233 g/mol. The van der Waals surface area contributed by atoms with E-state index < -0.39 is 0 Å². The van der Waals surface area contributed by atoms with E-state index >= 15 is 0 Å². The largest absolute Gasteiger partial charge is 0.392 e. The molecule has 1 aromatic carbocycles. The molecule has 92 valence electrons. The number of rotatable bonds is 3. The van der Waals surface area contributed by atoms with Crippen molar-refractivity contribution < 1.29 is 9.90 Å². The Morgan fingerprint density at radius 2 is 2.24 bits per heavy atom. The minimum Gasteiger partial charge on any atom is -0.392 e. The molecule has 1 aliphatic heterocycles. The van der Waals surface area contributed by atoms with Gasteiger partial charge in [0.15, 0.2) is 5.78 Å². The smallest absolute Gasteiger partial charge is 0.167 e. The van der Waals surface area contributed by atoms with Gasteiger partial charge in [0.2, 0.25) is 0 Å². The fourth-order valence-electron chi connectivity index (χ4n) is 2.50. The molecule has 3 heteroatoms. The maximum atomic E-state index is 12.4. The topological polar surface area (TPSA) is 40.5 Å². The van der Waals surface area contributed by atoms with Gasteiger partial charge in [0.1, 0.15) is 0 Å². The molecule has 2 rings (SSSR count). The molecule has 17 heavy (non-hydrogen) atoms. The van der Waals surface area contributed by atoms with Gasteiger partial charge in [-0.15, -0.1) is 0 Å². The lowest BCUT2D eigenvalue weighted by Gasteiger charge is -2.29. The number of hydrogen-bond donors (Lipinski definition) is 1. The summed E-state index contributed by atoms with van der Waals surface area (Å²) in [7, 11) is 2.05. The Hall–Kier alpha value is -1.19. The van der Waals surface area contributed by atoms with Crippen LogP contribution in [0.1, 0.15) is 28.8 Å². The van der Waals surface area contributed by atoms with Crippen LogP contribution in [0.5, 0.6) is 0 Å². The van der Waals surface area contributed by atoms with Crippen molar-refractivity contribution in [2.75, 3.05) is 20.1 Å². The molecular weight excluding hydrogens is 214 g/mol. The van der Waals surface area contributed by atoms with Crippen LogP contribution in [0.2, 0.25) is 0 Å². The summed E-state index contributed by atoms with van der Waals surface area (Å²) < 4.78 is 0. The molecule has 3 nitrogen and oxygen atoms in total. The van der Waals surface area contributed by atoms with Crippen LogP contribution in [0.3, 0.4) is 0 Å². The minimum absolute atomic E-state index is 0.0650. The summed E-state index contributed by atoms with van der Waals surface area (Å²) in [6, 6.07) is 7.36. The van der Waals surface area contributed by atoms with Crippen molar-refractivity contribution in [2.45, 2.75) is 19.4 Å². The molecule has 1 saturated heterocycles. The predicted octanol–water partition coefficient (Wildman–Crippen LogP) is 1.70. The third kappa shape index (κ3) is 2.73. The Morgan fingerprint density at radius 3 is 2.94 bits per heavy atom. The van der Waals surface area contributed by atoms with Crippen LogP contribution < -0.4 is 0 Å². The van der Waals surface area contributed by atoms with Crippen LogP contribution in [-0.4, -0.2) is 35.9 Å². The highest BCUT2D eigenvalue weighted by atomic mass is 16.3. The van der Waals surface area contributed by atoms with E-state index in [1.54, 1.807) is 0 Å². The van der Waals surface area contributed by atoms with Crippen molar-refractivity contribution in [1.29, 1.82) is 0 Å². The highest BCUT2D eigenvalue weighted by molar-refractivity contribution is 5.99. The lowest BCUT2D eigenvalue weighted by Crippen LogP contribution is -2.36. The van der Waals surface area contributed by atoms with Gasteiger partial charge in [-0.05, 0) is 32.0 Å². The zero-order valence-electron chi connectivity index (χ0n) is 10.2. The molecule has 1 fully saturated rings. The molecule has 0 amide bonds. The first-order chi connectivity index (χ1) is 8.22. The van der Waals surface area contributed by atoms with Gasteiger partial charge in [0, 0.05) is 18.0 Å². The maximum Gasteiger partial charge on any atom is 0.167 e. The van der Waals surface area contributed by atoms with Gasteiger partial charge in [-0.3, -0.25) is 4.79 Å². The molecule has 0 saturated carbocycles. The first kappa shape index (κ1) is 12.3. The van der Waals surface area contributed by atoms with Gasteiger partial charge < -0.3 is 10.0 Å². The minimum atomic E-state index is -0.0650. The van der Waals surface area contributed by atoms with E-state index in [2.05, 4.69) is 11.9 Å². The Kier molecular flexibility index (Phi) is 3.92. The van der Waals surface area contributed by atoms with Crippen molar-refractivity contribution in [2.24, 2.45) is 5.92 Å². The van der Waals surface area contributed by atoms with E-state index in [4.69, 9.17) is 0 Å². The third-order valence-electron chi connectivity index (χ3n) is 3.45. The van der Waals surface area contributed by atoms with E-state index in [0.717, 1.165) is 31.5 Å². The lowest BCUT2D eigenvalue weighted by molar-refractivity contribution is 0.0840. The molecule has 0 aliphatic carbocycles. The molecule has 1 atom stereocenters. The molecule has 1 aliphatic rings. The van der Waals surface area contributed by atoms with Crippen LogP contribution in [0.4, 0.5) is 0 Å². The number of likely N-dealkylation sites (tertiary alicyclic amines) is 1. The van der Waals surface area contributed by atoms with Crippen molar-refractivity contribution >= 4 is 5.78 Å². The lowest BCUT2D eigenvalue weighted by atomic mass is 9.88. The molecule has 0 radical (unpaired) electrons. The zero-order chi connectivity index (χ0) is 12.3. The van der Waals surface area contributed by atoms with Gasteiger partial charge in [0.25, 0.3) is 0 Å². The fourth-order valence-corrected chi connectivity index (χ4v) is 2.50. The first-order valence-corrected chi connectivity index (χ1v) is 6.14. The van der Waals surface area contributed by atoms with Gasteiger partial charge in [-0.2, -0.15) is 0 Å². The Balaban J connectivity index is 2.18. The summed E-state index contributed by atoms with van der Waals surface area (Å²) in [5.74, 6) is 0.266. The number of hydrogen-bond acceptors (Lipinski definition) is 3.